The predicted molar refractivity (Wildman–Crippen MR) is 69.9 cm³/mol. The van der Waals surface area contributed by atoms with Gasteiger partial charge in [0.15, 0.2) is 0 Å². The van der Waals surface area contributed by atoms with Gasteiger partial charge < -0.3 is 10.6 Å². The molecule has 0 aromatic carbocycles. The molecule has 0 atom stereocenters. The normalized spacial score (nSPS) is 10.9. The summed E-state index contributed by atoms with van der Waals surface area (Å²) in [5, 5.41) is 6.77. The third-order valence-electron chi connectivity index (χ3n) is 2.45. The molecule has 16 heavy (non-hydrogen) atoms. The minimum atomic E-state index is 0.411. The molecule has 1 rings (SSSR count). The Kier molecular flexibility index (Phi) is 4.74. The maximum atomic E-state index is 4.58. The van der Waals surface area contributed by atoms with E-state index in [1.54, 1.807) is 0 Å². The fourth-order valence-electron chi connectivity index (χ4n) is 1.73. The molecule has 0 spiro atoms. The minimum Gasteiger partial charge on any atom is -0.368 e. The van der Waals surface area contributed by atoms with Gasteiger partial charge in [-0.25, -0.2) is 4.98 Å². The number of hydrogen-bond acceptors (Lipinski definition) is 3. The van der Waals surface area contributed by atoms with Gasteiger partial charge in [-0.2, -0.15) is 0 Å². The van der Waals surface area contributed by atoms with Crippen LogP contribution in [0.15, 0.2) is 6.07 Å². The number of nitrogens with zero attached hydrogens (tertiary/aromatic N) is 1. The third kappa shape index (κ3) is 3.49. The van der Waals surface area contributed by atoms with Crippen molar-refractivity contribution in [1.82, 2.24) is 10.3 Å². The van der Waals surface area contributed by atoms with Crippen LogP contribution in [0.2, 0.25) is 0 Å². The van der Waals surface area contributed by atoms with Gasteiger partial charge in [-0.3, -0.25) is 0 Å². The summed E-state index contributed by atoms with van der Waals surface area (Å²) in [6.07, 6.45) is 0. The van der Waals surface area contributed by atoms with Gasteiger partial charge in [-0.1, -0.05) is 6.92 Å². The highest BCUT2D eigenvalue weighted by atomic mass is 15.0. The Hall–Kier alpha value is -1.09. The van der Waals surface area contributed by atoms with Crippen LogP contribution < -0.4 is 10.6 Å². The lowest BCUT2D eigenvalue weighted by Crippen LogP contribution is -2.19. The van der Waals surface area contributed by atoms with Gasteiger partial charge in [0, 0.05) is 23.8 Å². The lowest BCUT2D eigenvalue weighted by molar-refractivity contribution is 0.719. The van der Waals surface area contributed by atoms with Crippen molar-refractivity contribution in [3.8, 4) is 0 Å². The molecule has 1 heterocycles. The monoisotopic (exact) mass is 221 g/mol. The molecule has 0 fully saturated rings. The largest absolute Gasteiger partial charge is 0.368 e. The highest BCUT2D eigenvalue weighted by Gasteiger charge is 2.09. The summed E-state index contributed by atoms with van der Waals surface area (Å²) in [7, 11) is 0. The maximum Gasteiger partial charge on any atom is 0.131 e. The Balaban J connectivity index is 3.00. The first kappa shape index (κ1) is 13.0. The van der Waals surface area contributed by atoms with Gasteiger partial charge in [0.25, 0.3) is 0 Å². The Morgan fingerprint density at radius 2 is 2.00 bits per heavy atom. The van der Waals surface area contributed by atoms with E-state index in [9.17, 15) is 0 Å². The Morgan fingerprint density at radius 1 is 1.31 bits per heavy atom. The molecule has 2 N–H and O–H groups in total. The first-order valence-corrected chi connectivity index (χ1v) is 5.99. The van der Waals surface area contributed by atoms with Gasteiger partial charge >= 0.3 is 0 Å². The van der Waals surface area contributed by atoms with E-state index in [0.717, 1.165) is 24.6 Å². The number of aryl methyl sites for hydroxylation is 2. The van der Waals surface area contributed by atoms with E-state index in [0.29, 0.717) is 6.04 Å². The lowest BCUT2D eigenvalue weighted by Gasteiger charge is -2.17. The highest BCUT2D eigenvalue weighted by molar-refractivity contribution is 5.49. The number of nitrogens with one attached hydrogen (secondary N) is 2. The average molecular weight is 221 g/mol. The van der Waals surface area contributed by atoms with Crippen molar-refractivity contribution in [1.29, 1.82) is 0 Å². The predicted octanol–water partition coefficient (Wildman–Crippen LogP) is 2.63. The second kappa shape index (κ2) is 5.85. The molecule has 1 aromatic heterocycles. The van der Waals surface area contributed by atoms with Gasteiger partial charge in [-0.15, -0.1) is 0 Å². The molecule has 0 unspecified atom stereocenters. The van der Waals surface area contributed by atoms with Crippen molar-refractivity contribution >= 4 is 5.82 Å². The highest BCUT2D eigenvalue weighted by Crippen LogP contribution is 2.19. The zero-order chi connectivity index (χ0) is 12.1. The summed E-state index contributed by atoms with van der Waals surface area (Å²) in [5.41, 5.74) is 3.65. The number of rotatable bonds is 5. The molecule has 3 nitrogen and oxygen atoms in total. The number of hydrogen-bond donors (Lipinski definition) is 2. The van der Waals surface area contributed by atoms with Crippen molar-refractivity contribution in [2.24, 2.45) is 0 Å². The van der Waals surface area contributed by atoms with Crippen LogP contribution in [0.1, 0.15) is 37.6 Å². The second-order valence-electron chi connectivity index (χ2n) is 4.49. The van der Waals surface area contributed by atoms with Crippen molar-refractivity contribution < 1.29 is 0 Å². The maximum absolute atomic E-state index is 4.58. The Labute approximate surface area is 98.7 Å². The van der Waals surface area contributed by atoms with Crippen LogP contribution in [0.25, 0.3) is 0 Å². The Morgan fingerprint density at radius 3 is 2.56 bits per heavy atom. The van der Waals surface area contributed by atoms with Crippen LogP contribution in [0.5, 0.6) is 0 Å². The van der Waals surface area contributed by atoms with E-state index in [1.165, 1.54) is 11.1 Å². The molecule has 90 valence electrons. The third-order valence-corrected chi connectivity index (χ3v) is 2.45. The van der Waals surface area contributed by atoms with Crippen molar-refractivity contribution in [3.05, 3.63) is 22.9 Å². The molecule has 1 aromatic rings. The van der Waals surface area contributed by atoms with Crippen molar-refractivity contribution in [2.45, 2.75) is 47.2 Å². The molecular weight excluding hydrogens is 198 g/mol. The molecule has 0 amide bonds. The van der Waals surface area contributed by atoms with E-state index < -0.39 is 0 Å². The average Bonchev–Trinajstić information content (AvgIpc) is 2.15. The molecule has 0 aliphatic heterocycles. The van der Waals surface area contributed by atoms with E-state index in [1.807, 2.05) is 6.92 Å². The molecule has 3 heteroatoms. The summed E-state index contributed by atoms with van der Waals surface area (Å²) in [6, 6.07) is 2.55. The van der Waals surface area contributed by atoms with Gasteiger partial charge in [0.2, 0.25) is 0 Å². The number of anilines is 1. The minimum absolute atomic E-state index is 0.411. The molecule has 0 saturated heterocycles. The smallest absolute Gasteiger partial charge is 0.131 e. The fraction of sp³-hybridized carbons (Fsp3) is 0.615. The van der Waals surface area contributed by atoms with Crippen LogP contribution in [0.3, 0.4) is 0 Å². The lowest BCUT2D eigenvalue weighted by atomic mass is 10.1. The summed E-state index contributed by atoms with van der Waals surface area (Å²) in [6.45, 7) is 12.4. The van der Waals surface area contributed by atoms with Crippen molar-refractivity contribution in [3.63, 3.8) is 0 Å². The van der Waals surface area contributed by atoms with E-state index in [-0.39, 0.29) is 0 Å². The molecule has 0 bridgehead atoms. The van der Waals surface area contributed by atoms with Gasteiger partial charge in [-0.05, 0) is 45.9 Å². The first-order chi connectivity index (χ1) is 7.54. The second-order valence-corrected chi connectivity index (χ2v) is 4.49. The van der Waals surface area contributed by atoms with Gasteiger partial charge in [0.05, 0.1) is 0 Å². The van der Waals surface area contributed by atoms with Gasteiger partial charge in [0.1, 0.15) is 5.82 Å². The molecule has 0 aliphatic rings. The van der Waals surface area contributed by atoms with Crippen LogP contribution in [0, 0.1) is 13.8 Å². The Bertz CT molecular complexity index is 345. The summed E-state index contributed by atoms with van der Waals surface area (Å²) < 4.78 is 0. The number of aromatic nitrogens is 1. The zero-order valence-corrected chi connectivity index (χ0v) is 11.0. The molecule has 0 radical (unpaired) electrons. The van der Waals surface area contributed by atoms with Crippen molar-refractivity contribution in [2.75, 3.05) is 11.9 Å². The number of pyridine rings is 1. The van der Waals surface area contributed by atoms with Crippen LogP contribution in [0.4, 0.5) is 5.82 Å². The summed E-state index contributed by atoms with van der Waals surface area (Å²) in [4.78, 5) is 4.58. The fourth-order valence-corrected chi connectivity index (χ4v) is 1.73. The summed E-state index contributed by atoms with van der Waals surface area (Å²) in [5.74, 6) is 1.02. The summed E-state index contributed by atoms with van der Waals surface area (Å²) >= 11 is 0. The van der Waals surface area contributed by atoms with Crippen LogP contribution >= 0.6 is 0 Å². The molecule has 0 saturated carbocycles. The molecule has 0 aliphatic carbocycles. The van der Waals surface area contributed by atoms with E-state index in [4.69, 9.17) is 0 Å². The van der Waals surface area contributed by atoms with Crippen LogP contribution in [-0.4, -0.2) is 17.6 Å². The standard InChI is InChI=1S/C13H23N3/c1-6-14-8-12-10(4)7-11(5)16-13(12)15-9(2)3/h7,9,14H,6,8H2,1-5H3,(H,15,16). The zero-order valence-electron chi connectivity index (χ0n) is 11.0. The van der Waals surface area contributed by atoms with E-state index in [2.05, 4.69) is 49.4 Å². The van der Waals surface area contributed by atoms with Crippen LogP contribution in [-0.2, 0) is 6.54 Å². The topological polar surface area (TPSA) is 37.0 Å². The quantitative estimate of drug-likeness (QED) is 0.802. The molecular formula is C13H23N3. The van der Waals surface area contributed by atoms with E-state index >= 15 is 0 Å². The first-order valence-electron chi connectivity index (χ1n) is 5.99. The SMILES string of the molecule is CCNCc1c(C)cc(C)nc1NC(C)C.